The van der Waals surface area contributed by atoms with Crippen molar-refractivity contribution >= 4 is 131 Å². The molecule has 17 rings (SSSR count). The number of para-hydroxylation sites is 6. The van der Waals surface area contributed by atoms with Gasteiger partial charge in [0.15, 0.2) is 0 Å². The molecule has 8 heteroatoms. The SMILES string of the molecule is Cc1ccc2c(c1)c1cc3c(cc1n2-c1c(C#N)c(-n2c4ccccc4c4ccccc42)c(-n2c4ccc(C)cc4c4cc5c(cc42)oc2ccccc25)c(-n2c4ccccc4c4ccccc42)c1C#N)oc1ccccc13. The first-order valence-corrected chi connectivity index (χ1v) is 26.2. The summed E-state index contributed by atoms with van der Waals surface area (Å²) in [4.78, 5) is 0. The lowest BCUT2D eigenvalue weighted by atomic mass is 9.98. The van der Waals surface area contributed by atoms with Gasteiger partial charge >= 0.3 is 0 Å². The van der Waals surface area contributed by atoms with E-state index in [-0.39, 0.29) is 0 Å². The maximum absolute atomic E-state index is 12.7. The van der Waals surface area contributed by atoms with Gasteiger partial charge in [-0.1, -0.05) is 132 Å². The fourth-order valence-corrected chi connectivity index (χ4v) is 13.3. The largest absolute Gasteiger partial charge is 0.456 e. The van der Waals surface area contributed by atoms with Gasteiger partial charge in [-0.3, -0.25) is 0 Å². The van der Waals surface area contributed by atoms with E-state index < -0.39 is 0 Å². The van der Waals surface area contributed by atoms with Crippen molar-refractivity contribution < 1.29 is 8.83 Å². The van der Waals surface area contributed by atoms with E-state index in [9.17, 15) is 10.5 Å². The second kappa shape index (κ2) is 15.4. The van der Waals surface area contributed by atoms with E-state index in [1.165, 1.54) is 0 Å². The molecule has 0 spiro atoms. The van der Waals surface area contributed by atoms with Crippen molar-refractivity contribution in [1.82, 2.24) is 18.3 Å². The summed E-state index contributed by atoms with van der Waals surface area (Å²) in [5.74, 6) is 0. The summed E-state index contributed by atoms with van der Waals surface area (Å²) in [6, 6.07) is 77.7. The van der Waals surface area contributed by atoms with Gasteiger partial charge in [0.05, 0.1) is 66.9 Å². The van der Waals surface area contributed by atoms with Gasteiger partial charge in [0.25, 0.3) is 0 Å². The Kier molecular flexibility index (Phi) is 8.40. The van der Waals surface area contributed by atoms with Gasteiger partial charge in [-0.2, -0.15) is 10.5 Å². The highest BCUT2D eigenvalue weighted by Crippen LogP contribution is 2.50. The third kappa shape index (κ3) is 5.49. The number of hydrogen-bond donors (Lipinski definition) is 0. The quantitative estimate of drug-likeness (QED) is 0.176. The van der Waals surface area contributed by atoms with Gasteiger partial charge in [-0.25, -0.2) is 0 Å². The van der Waals surface area contributed by atoms with Crippen molar-refractivity contribution in [2.24, 2.45) is 0 Å². The average molecular weight is 997 g/mol. The van der Waals surface area contributed by atoms with Crippen LogP contribution < -0.4 is 0 Å². The minimum Gasteiger partial charge on any atom is -0.456 e. The van der Waals surface area contributed by atoms with Crippen molar-refractivity contribution in [1.29, 1.82) is 10.5 Å². The molecule has 0 unspecified atom stereocenters. The van der Waals surface area contributed by atoms with Gasteiger partial charge in [0.2, 0.25) is 0 Å². The Bertz CT molecular complexity index is 5380. The molecule has 0 amide bonds. The molecular formula is C70H40N6O2. The Morgan fingerprint density at radius 3 is 0.987 bits per heavy atom. The third-order valence-electron chi connectivity index (χ3n) is 16.5. The number of furan rings is 2. The summed E-state index contributed by atoms with van der Waals surface area (Å²) in [5, 5.41) is 37.5. The predicted molar refractivity (Wildman–Crippen MR) is 317 cm³/mol. The second-order valence-corrected chi connectivity index (χ2v) is 20.7. The van der Waals surface area contributed by atoms with E-state index in [4.69, 9.17) is 8.83 Å². The molecule has 11 aromatic carbocycles. The average Bonchev–Trinajstić information content (AvgIpc) is 4.49. The number of benzene rings is 11. The van der Waals surface area contributed by atoms with Crippen molar-refractivity contribution in [3.8, 4) is 34.9 Å². The van der Waals surface area contributed by atoms with Gasteiger partial charge < -0.3 is 27.1 Å². The van der Waals surface area contributed by atoms with Crippen LogP contribution in [0.1, 0.15) is 22.3 Å². The molecule has 362 valence electrons. The topological polar surface area (TPSA) is 93.6 Å². The van der Waals surface area contributed by atoms with Crippen LogP contribution in [0, 0.1) is 36.5 Å². The van der Waals surface area contributed by atoms with Crippen molar-refractivity contribution in [3.63, 3.8) is 0 Å². The van der Waals surface area contributed by atoms with E-state index in [2.05, 4.69) is 220 Å². The number of aromatic nitrogens is 4. The summed E-state index contributed by atoms with van der Waals surface area (Å²) >= 11 is 0. The highest BCUT2D eigenvalue weighted by atomic mass is 16.3. The first-order valence-electron chi connectivity index (χ1n) is 26.2. The zero-order chi connectivity index (χ0) is 51.7. The Morgan fingerprint density at radius 2 is 0.590 bits per heavy atom. The number of nitriles is 2. The van der Waals surface area contributed by atoms with E-state index in [0.29, 0.717) is 39.5 Å². The summed E-state index contributed by atoms with van der Waals surface area (Å²) in [6.45, 7) is 4.24. The molecule has 0 aliphatic carbocycles. The van der Waals surface area contributed by atoms with Crippen LogP contribution in [0.2, 0.25) is 0 Å². The first-order chi connectivity index (χ1) is 38.4. The predicted octanol–water partition coefficient (Wildman–Crippen LogP) is 18.2. The maximum atomic E-state index is 12.7. The summed E-state index contributed by atoms with van der Waals surface area (Å²) in [5.41, 5.74) is 15.4. The van der Waals surface area contributed by atoms with Gasteiger partial charge in [0, 0.05) is 76.8 Å². The smallest absolute Gasteiger partial charge is 0.137 e. The molecule has 8 nitrogen and oxygen atoms in total. The molecule has 0 saturated heterocycles. The normalized spacial score (nSPS) is 12.2. The van der Waals surface area contributed by atoms with Crippen LogP contribution in [-0.2, 0) is 0 Å². The summed E-state index contributed by atoms with van der Waals surface area (Å²) in [6.07, 6.45) is 0. The van der Waals surface area contributed by atoms with Crippen LogP contribution in [0.3, 0.4) is 0 Å². The van der Waals surface area contributed by atoms with Crippen LogP contribution in [-0.4, -0.2) is 18.3 Å². The Labute approximate surface area is 443 Å². The van der Waals surface area contributed by atoms with Crippen LogP contribution in [0.15, 0.2) is 215 Å². The molecular weight excluding hydrogens is 957 g/mol. The zero-order valence-electron chi connectivity index (χ0n) is 42.1. The highest BCUT2D eigenvalue weighted by molar-refractivity contribution is 6.21. The van der Waals surface area contributed by atoms with Crippen LogP contribution >= 0.6 is 0 Å². The number of fused-ring (bicyclic) bond motifs is 18. The number of nitrogens with zero attached hydrogens (tertiary/aromatic N) is 6. The summed E-state index contributed by atoms with van der Waals surface area (Å²) < 4.78 is 22.5. The standard InChI is InChI=1S/C70H40N6O2/c1-39-27-29-59-47(31-39)49-33-51-45-19-7-13-25-63(45)77-65(51)35-61(49)75(59)67-53(37-71)68(73-55-21-9-3-15-41(55)42-16-4-10-22-56(42)73)70(69(54(67)38-72)74-57-23-11-5-17-43(57)44-18-6-12-24-58(44)74)76-60-30-28-40(2)32-48(60)50-34-52-46-20-8-14-26-64(46)78-66(52)36-62(50)76/h3-36H,1-2H3. The van der Waals surface area contributed by atoms with Crippen molar-refractivity contribution in [2.75, 3.05) is 0 Å². The highest BCUT2D eigenvalue weighted by Gasteiger charge is 2.35. The molecule has 6 heterocycles. The van der Waals surface area contributed by atoms with E-state index >= 15 is 0 Å². The van der Waals surface area contributed by atoms with Crippen molar-refractivity contribution in [3.05, 3.63) is 229 Å². The van der Waals surface area contributed by atoms with Crippen LogP contribution in [0.4, 0.5) is 0 Å². The Morgan fingerprint density at radius 1 is 0.269 bits per heavy atom. The number of rotatable bonds is 4. The lowest BCUT2D eigenvalue weighted by Crippen LogP contribution is -2.17. The van der Waals surface area contributed by atoms with Gasteiger partial charge in [-0.05, 0) is 86.6 Å². The second-order valence-electron chi connectivity index (χ2n) is 20.7. The van der Waals surface area contributed by atoms with E-state index in [0.717, 1.165) is 137 Å². The molecule has 78 heavy (non-hydrogen) atoms. The van der Waals surface area contributed by atoms with Gasteiger partial charge in [0.1, 0.15) is 45.6 Å². The molecule has 0 N–H and O–H groups in total. The van der Waals surface area contributed by atoms with E-state index in [1.54, 1.807) is 0 Å². The first kappa shape index (κ1) is 42.5. The van der Waals surface area contributed by atoms with Crippen LogP contribution in [0.25, 0.3) is 154 Å². The lowest BCUT2D eigenvalue weighted by Gasteiger charge is -2.27. The lowest BCUT2D eigenvalue weighted by molar-refractivity contribution is 0.669. The number of aryl methyl sites for hydroxylation is 2. The molecule has 0 bridgehead atoms. The molecule has 0 fully saturated rings. The molecule has 17 aromatic rings. The molecule has 0 radical (unpaired) electrons. The summed E-state index contributed by atoms with van der Waals surface area (Å²) in [7, 11) is 0. The van der Waals surface area contributed by atoms with Crippen LogP contribution in [0.5, 0.6) is 0 Å². The Balaban J connectivity index is 1.18. The minimum absolute atomic E-state index is 0.327. The minimum atomic E-state index is 0.327. The number of hydrogen-bond acceptors (Lipinski definition) is 4. The third-order valence-corrected chi connectivity index (χ3v) is 16.5. The van der Waals surface area contributed by atoms with E-state index in [1.807, 2.05) is 30.3 Å². The fraction of sp³-hybridized carbons (Fsp3) is 0.0286. The van der Waals surface area contributed by atoms with Gasteiger partial charge in [-0.15, -0.1) is 0 Å². The molecule has 0 saturated carbocycles. The molecule has 0 atom stereocenters. The molecule has 0 aliphatic heterocycles. The molecule has 6 aromatic heterocycles. The molecule has 0 aliphatic rings. The monoisotopic (exact) mass is 996 g/mol. The zero-order valence-corrected chi connectivity index (χ0v) is 42.1. The Hall–Kier alpha value is -10.8. The fourth-order valence-electron chi connectivity index (χ4n) is 13.3. The maximum Gasteiger partial charge on any atom is 0.137 e. The van der Waals surface area contributed by atoms with Crippen molar-refractivity contribution in [2.45, 2.75) is 13.8 Å².